The molecule has 0 atom stereocenters. The molecule has 0 fully saturated rings. The monoisotopic (exact) mass is 390 g/mol. The minimum atomic E-state index is -0.623. The fraction of sp³-hybridized carbons (Fsp3) is 0.0455. The molecule has 0 saturated heterocycles. The molecule has 0 radical (unpaired) electrons. The van der Waals surface area contributed by atoms with Crippen molar-refractivity contribution in [3.8, 4) is 28.3 Å². The number of hydrogen-bond acceptors (Lipinski definition) is 5. The molecule has 0 aliphatic carbocycles. The quantitative estimate of drug-likeness (QED) is 0.518. The highest BCUT2D eigenvalue weighted by atomic mass is 19.1. The molecule has 0 unspecified atom stereocenters. The van der Waals surface area contributed by atoms with Crippen LogP contribution in [0.2, 0.25) is 0 Å². The number of methoxy groups -OCH3 is 1. The summed E-state index contributed by atoms with van der Waals surface area (Å²) in [5.41, 5.74) is 0.667. The normalized spacial score (nSPS) is 10.8. The van der Waals surface area contributed by atoms with Gasteiger partial charge in [0.15, 0.2) is 0 Å². The third-order valence-corrected chi connectivity index (χ3v) is 4.58. The van der Waals surface area contributed by atoms with Crippen LogP contribution < -0.4 is 5.56 Å². The largest absolute Gasteiger partial charge is 0.507 e. The number of hydrogen-bond donors (Lipinski definition) is 2. The molecule has 0 amide bonds. The summed E-state index contributed by atoms with van der Waals surface area (Å²) in [4.78, 5) is 31.2. The lowest BCUT2D eigenvalue weighted by atomic mass is 9.98. The number of aromatic hydroxyl groups is 1. The van der Waals surface area contributed by atoms with Crippen LogP contribution in [0.3, 0.4) is 0 Å². The van der Waals surface area contributed by atoms with Crippen molar-refractivity contribution in [2.24, 2.45) is 0 Å². The number of phenols is 1. The first-order valence-corrected chi connectivity index (χ1v) is 8.69. The fourth-order valence-corrected chi connectivity index (χ4v) is 3.14. The number of nitrogens with zero attached hydrogens (tertiary/aromatic N) is 1. The number of H-pyrrole nitrogens is 1. The summed E-state index contributed by atoms with van der Waals surface area (Å²) in [6.07, 6.45) is 0. The van der Waals surface area contributed by atoms with Gasteiger partial charge in [-0.3, -0.25) is 4.79 Å². The van der Waals surface area contributed by atoms with E-state index in [1.165, 1.54) is 25.3 Å². The average Bonchev–Trinajstić information content (AvgIpc) is 2.74. The summed E-state index contributed by atoms with van der Waals surface area (Å²) < 4.78 is 19.1. The maximum Gasteiger partial charge on any atom is 0.337 e. The number of carbonyl (C=O) groups excluding carboxylic acids is 1. The highest BCUT2D eigenvalue weighted by Gasteiger charge is 2.18. The first kappa shape index (κ1) is 18.4. The number of para-hydroxylation sites is 2. The molecule has 0 aliphatic rings. The molecule has 0 bridgehead atoms. The van der Waals surface area contributed by atoms with Gasteiger partial charge < -0.3 is 14.8 Å². The van der Waals surface area contributed by atoms with Crippen molar-refractivity contribution in [1.29, 1.82) is 0 Å². The van der Waals surface area contributed by atoms with Gasteiger partial charge in [-0.25, -0.2) is 14.2 Å². The first-order valence-electron chi connectivity index (χ1n) is 8.69. The number of aromatic amines is 1. The Bertz CT molecular complexity index is 1310. The number of phenolic OH excluding ortho intramolecular Hbond substituents is 1. The maximum atomic E-state index is 14.5. The van der Waals surface area contributed by atoms with Gasteiger partial charge in [-0.05, 0) is 36.4 Å². The molecule has 0 saturated carbocycles. The second kappa shape index (κ2) is 7.20. The number of rotatable bonds is 3. The van der Waals surface area contributed by atoms with Crippen LogP contribution in [0.4, 0.5) is 4.39 Å². The van der Waals surface area contributed by atoms with E-state index >= 15 is 0 Å². The first-order chi connectivity index (χ1) is 14.0. The topological polar surface area (TPSA) is 92.3 Å². The molecule has 4 rings (SSSR count). The van der Waals surface area contributed by atoms with Crippen LogP contribution >= 0.6 is 0 Å². The van der Waals surface area contributed by atoms with E-state index in [2.05, 4.69) is 14.7 Å². The summed E-state index contributed by atoms with van der Waals surface area (Å²) in [6.45, 7) is 0. The Hall–Kier alpha value is -4.00. The maximum absolute atomic E-state index is 14.5. The Labute approximate surface area is 164 Å². The van der Waals surface area contributed by atoms with Gasteiger partial charge in [-0.2, -0.15) is 0 Å². The zero-order valence-corrected chi connectivity index (χ0v) is 15.3. The molecule has 4 aromatic rings. The van der Waals surface area contributed by atoms with Crippen molar-refractivity contribution >= 4 is 16.9 Å². The van der Waals surface area contributed by atoms with Gasteiger partial charge in [0.1, 0.15) is 17.4 Å². The fourth-order valence-electron chi connectivity index (χ4n) is 3.14. The zero-order valence-electron chi connectivity index (χ0n) is 15.3. The summed E-state index contributed by atoms with van der Waals surface area (Å²) in [6, 6.07) is 15.2. The highest BCUT2D eigenvalue weighted by Crippen LogP contribution is 2.38. The Kier molecular flexibility index (Phi) is 4.56. The Morgan fingerprint density at radius 1 is 1.03 bits per heavy atom. The summed E-state index contributed by atoms with van der Waals surface area (Å²) >= 11 is 0. The third-order valence-electron chi connectivity index (χ3n) is 4.58. The molecule has 0 aliphatic heterocycles. The van der Waals surface area contributed by atoms with E-state index in [1.54, 1.807) is 36.4 Å². The van der Waals surface area contributed by atoms with Crippen LogP contribution in [-0.2, 0) is 4.74 Å². The predicted molar refractivity (Wildman–Crippen MR) is 106 cm³/mol. The molecule has 1 aromatic heterocycles. The summed E-state index contributed by atoms with van der Waals surface area (Å²) in [5, 5.41) is 11.2. The van der Waals surface area contributed by atoms with Crippen LogP contribution in [0.15, 0.2) is 65.5 Å². The Morgan fingerprint density at radius 2 is 1.79 bits per heavy atom. The van der Waals surface area contributed by atoms with Gasteiger partial charge in [0.2, 0.25) is 0 Å². The van der Waals surface area contributed by atoms with E-state index in [0.717, 1.165) is 6.07 Å². The highest BCUT2D eigenvalue weighted by molar-refractivity contribution is 5.92. The molecule has 3 aromatic carbocycles. The molecule has 144 valence electrons. The molecule has 2 N–H and O–H groups in total. The lowest BCUT2D eigenvalue weighted by molar-refractivity contribution is 0.0600. The number of carbonyl (C=O) groups is 1. The van der Waals surface area contributed by atoms with E-state index in [9.17, 15) is 19.1 Å². The van der Waals surface area contributed by atoms with Crippen molar-refractivity contribution in [2.45, 2.75) is 0 Å². The van der Waals surface area contributed by atoms with Crippen molar-refractivity contribution in [1.82, 2.24) is 9.97 Å². The van der Waals surface area contributed by atoms with Crippen LogP contribution in [0.5, 0.6) is 5.75 Å². The van der Waals surface area contributed by atoms with Gasteiger partial charge in [0.25, 0.3) is 5.56 Å². The smallest absolute Gasteiger partial charge is 0.337 e. The second-order valence-corrected chi connectivity index (χ2v) is 6.32. The SMILES string of the molecule is COC(=O)c1ccc(F)c(-c2cccc(-c3nc4ccccc4c(=O)[nH]3)c2O)c1. The van der Waals surface area contributed by atoms with Gasteiger partial charge in [0, 0.05) is 11.1 Å². The molecule has 1 heterocycles. The number of nitrogens with one attached hydrogen (secondary N) is 1. The van der Waals surface area contributed by atoms with Gasteiger partial charge in [-0.15, -0.1) is 0 Å². The van der Waals surface area contributed by atoms with Gasteiger partial charge in [0.05, 0.1) is 29.1 Å². The average molecular weight is 390 g/mol. The van der Waals surface area contributed by atoms with E-state index in [4.69, 9.17) is 0 Å². The van der Waals surface area contributed by atoms with Crippen LogP contribution in [0.1, 0.15) is 10.4 Å². The van der Waals surface area contributed by atoms with Crippen molar-refractivity contribution in [3.05, 3.63) is 82.4 Å². The number of halogens is 1. The van der Waals surface area contributed by atoms with Gasteiger partial charge in [-0.1, -0.05) is 24.3 Å². The molecule has 0 spiro atoms. The van der Waals surface area contributed by atoms with E-state index < -0.39 is 11.8 Å². The lowest BCUT2D eigenvalue weighted by Crippen LogP contribution is -2.09. The number of benzene rings is 3. The molecular weight excluding hydrogens is 375 g/mol. The number of esters is 1. The van der Waals surface area contributed by atoms with E-state index in [-0.39, 0.29) is 39.4 Å². The molecule has 7 heteroatoms. The molecule has 6 nitrogen and oxygen atoms in total. The van der Waals surface area contributed by atoms with Crippen molar-refractivity contribution in [2.75, 3.05) is 7.11 Å². The number of ether oxygens (including phenoxy) is 1. The minimum Gasteiger partial charge on any atom is -0.507 e. The van der Waals surface area contributed by atoms with Gasteiger partial charge >= 0.3 is 5.97 Å². The number of fused-ring (bicyclic) bond motifs is 1. The Morgan fingerprint density at radius 3 is 2.59 bits per heavy atom. The van der Waals surface area contributed by atoms with Crippen molar-refractivity contribution in [3.63, 3.8) is 0 Å². The summed E-state index contributed by atoms with van der Waals surface area (Å²) in [5.74, 6) is -1.36. The second-order valence-electron chi connectivity index (χ2n) is 6.32. The standard InChI is InChI=1S/C22H15FN2O4/c1-29-22(28)12-9-10-17(23)16(11-12)13-6-4-7-15(19(13)26)20-24-18-8-3-2-5-14(18)21(27)25-20/h2-11,26H,1H3,(H,24,25,27). The van der Waals surface area contributed by atoms with Crippen LogP contribution in [0, 0.1) is 5.82 Å². The zero-order chi connectivity index (χ0) is 20.5. The third kappa shape index (κ3) is 3.23. The molecular formula is C22H15FN2O4. The minimum absolute atomic E-state index is 0.0235. The van der Waals surface area contributed by atoms with Crippen LogP contribution in [-0.4, -0.2) is 28.2 Å². The summed E-state index contributed by atoms with van der Waals surface area (Å²) in [7, 11) is 1.23. The molecule has 29 heavy (non-hydrogen) atoms. The predicted octanol–water partition coefficient (Wildman–Crippen LogP) is 3.89. The van der Waals surface area contributed by atoms with Crippen LogP contribution in [0.25, 0.3) is 33.4 Å². The lowest BCUT2D eigenvalue weighted by Gasteiger charge is -2.12. The van der Waals surface area contributed by atoms with Crippen molar-refractivity contribution < 1.29 is 19.0 Å². The van der Waals surface area contributed by atoms with E-state index in [0.29, 0.717) is 10.9 Å². The Balaban J connectivity index is 1.90. The number of aromatic nitrogens is 2. The van der Waals surface area contributed by atoms with E-state index in [1.807, 2.05) is 0 Å².